The molecule has 0 amide bonds. The lowest BCUT2D eigenvalue weighted by molar-refractivity contribution is 0.219. The zero-order valence-electron chi connectivity index (χ0n) is 14.9. The summed E-state index contributed by atoms with van der Waals surface area (Å²) in [5.41, 5.74) is 5.15. The molecule has 0 aliphatic carbocycles. The fraction of sp³-hybridized carbons (Fsp3) is 0.263. The molecule has 8 heteroatoms. The van der Waals surface area contributed by atoms with E-state index in [1.807, 2.05) is 37.4 Å². The molecule has 2 aromatic heterocycles. The number of hydrogen-bond donors (Lipinski definition) is 3. The molecule has 1 aliphatic rings. The van der Waals surface area contributed by atoms with Crippen LogP contribution in [-0.2, 0) is 5.41 Å². The summed E-state index contributed by atoms with van der Waals surface area (Å²) in [6, 6.07) is 7.87. The van der Waals surface area contributed by atoms with Gasteiger partial charge in [-0.25, -0.2) is 9.97 Å². The number of aliphatic hydroxyl groups excluding tert-OH is 1. The molecule has 27 heavy (non-hydrogen) atoms. The first-order valence-electron chi connectivity index (χ1n) is 8.49. The van der Waals surface area contributed by atoms with Crippen molar-refractivity contribution >= 4 is 28.9 Å². The molecule has 1 aromatic carbocycles. The predicted octanol–water partition coefficient (Wildman–Crippen LogP) is 3.20. The predicted molar refractivity (Wildman–Crippen MR) is 105 cm³/mol. The van der Waals surface area contributed by atoms with Crippen LogP contribution < -0.4 is 10.6 Å². The van der Waals surface area contributed by atoms with Gasteiger partial charge in [0, 0.05) is 29.1 Å². The Morgan fingerprint density at radius 1 is 1.44 bits per heavy atom. The quantitative estimate of drug-likeness (QED) is 0.640. The van der Waals surface area contributed by atoms with Gasteiger partial charge in [0.25, 0.3) is 0 Å². The van der Waals surface area contributed by atoms with E-state index >= 15 is 0 Å². The zero-order chi connectivity index (χ0) is 19.0. The van der Waals surface area contributed by atoms with Crippen LogP contribution in [-0.4, -0.2) is 32.6 Å². The molecule has 0 radical (unpaired) electrons. The average Bonchev–Trinajstić information content (AvgIpc) is 3.25. The first kappa shape index (κ1) is 17.4. The molecular weight excluding hydrogens is 360 g/mol. The van der Waals surface area contributed by atoms with Crippen LogP contribution in [0, 0.1) is 18.3 Å². The number of anilines is 3. The Morgan fingerprint density at radius 2 is 2.30 bits per heavy atom. The van der Waals surface area contributed by atoms with Crippen LogP contribution >= 0.6 is 11.5 Å². The van der Waals surface area contributed by atoms with E-state index in [4.69, 9.17) is 0 Å². The maximum absolute atomic E-state index is 9.85. The Kier molecular flexibility index (Phi) is 4.26. The lowest BCUT2D eigenvalue weighted by atomic mass is 9.83. The van der Waals surface area contributed by atoms with E-state index < -0.39 is 5.41 Å². The van der Waals surface area contributed by atoms with Gasteiger partial charge in [-0.15, -0.1) is 0 Å². The molecule has 0 saturated heterocycles. The fourth-order valence-corrected chi connectivity index (χ4v) is 3.82. The standard InChI is InChI=1S/C19H18N6OS/c1-11-16(8-27-25-11)24-18-21-4-3-15(23-18)12-5-13(7-20)17-14(6-12)19(2,10-26)9-22-17/h3-6,8,22,26H,9-10H2,1-2H3,(H,21,23,24). The van der Waals surface area contributed by atoms with Crippen molar-refractivity contribution in [3.05, 3.63) is 46.6 Å². The first-order valence-corrected chi connectivity index (χ1v) is 9.32. The van der Waals surface area contributed by atoms with Gasteiger partial charge >= 0.3 is 0 Å². The fourth-order valence-electron chi connectivity index (χ4n) is 3.18. The van der Waals surface area contributed by atoms with Crippen LogP contribution in [0.25, 0.3) is 11.3 Å². The average molecular weight is 378 g/mol. The van der Waals surface area contributed by atoms with Gasteiger partial charge in [0.15, 0.2) is 0 Å². The number of nitrogens with zero attached hydrogens (tertiary/aromatic N) is 4. The molecule has 7 nitrogen and oxygen atoms in total. The summed E-state index contributed by atoms with van der Waals surface area (Å²) < 4.78 is 4.24. The third-order valence-electron chi connectivity index (χ3n) is 4.86. The minimum absolute atomic E-state index is 0.00232. The van der Waals surface area contributed by atoms with Gasteiger partial charge in [-0.05, 0) is 42.2 Å². The zero-order valence-corrected chi connectivity index (χ0v) is 15.8. The number of fused-ring (bicyclic) bond motifs is 1. The highest BCUT2D eigenvalue weighted by molar-refractivity contribution is 7.04. The molecule has 4 rings (SSSR count). The van der Waals surface area contributed by atoms with Crippen molar-refractivity contribution in [2.45, 2.75) is 19.3 Å². The number of hydrogen-bond acceptors (Lipinski definition) is 8. The molecule has 0 saturated carbocycles. The van der Waals surface area contributed by atoms with Crippen molar-refractivity contribution in [3.63, 3.8) is 0 Å². The Bertz CT molecular complexity index is 1060. The van der Waals surface area contributed by atoms with E-state index in [9.17, 15) is 10.4 Å². The van der Waals surface area contributed by atoms with Gasteiger partial charge in [-0.1, -0.05) is 6.92 Å². The van der Waals surface area contributed by atoms with Gasteiger partial charge < -0.3 is 15.7 Å². The van der Waals surface area contributed by atoms with Gasteiger partial charge in [-0.3, -0.25) is 0 Å². The number of benzene rings is 1. The number of rotatable bonds is 4. The topological polar surface area (TPSA) is 107 Å². The molecule has 0 fully saturated rings. The summed E-state index contributed by atoms with van der Waals surface area (Å²) in [6.45, 7) is 4.50. The first-order chi connectivity index (χ1) is 13.0. The van der Waals surface area contributed by atoms with Crippen molar-refractivity contribution in [3.8, 4) is 17.3 Å². The van der Waals surface area contributed by atoms with Crippen LogP contribution in [0.1, 0.15) is 23.7 Å². The van der Waals surface area contributed by atoms with Crippen molar-refractivity contribution in [2.75, 3.05) is 23.8 Å². The summed E-state index contributed by atoms with van der Waals surface area (Å²) in [4.78, 5) is 8.87. The molecule has 0 bridgehead atoms. The van der Waals surface area contributed by atoms with Crippen molar-refractivity contribution in [2.24, 2.45) is 0 Å². The van der Waals surface area contributed by atoms with Crippen molar-refractivity contribution in [1.82, 2.24) is 14.3 Å². The number of aliphatic hydroxyl groups is 1. The molecule has 1 atom stereocenters. The van der Waals surface area contributed by atoms with Crippen LogP contribution in [0.4, 0.5) is 17.3 Å². The number of nitrogens with one attached hydrogen (secondary N) is 2. The minimum atomic E-state index is -0.426. The van der Waals surface area contributed by atoms with Crippen LogP contribution in [0.3, 0.4) is 0 Å². The smallest absolute Gasteiger partial charge is 0.227 e. The van der Waals surface area contributed by atoms with Gasteiger partial charge in [0.2, 0.25) is 5.95 Å². The summed E-state index contributed by atoms with van der Waals surface area (Å²) in [6.07, 6.45) is 1.68. The van der Waals surface area contributed by atoms with Gasteiger partial charge in [-0.2, -0.15) is 9.64 Å². The Balaban J connectivity index is 1.76. The third kappa shape index (κ3) is 3.01. The van der Waals surface area contributed by atoms with E-state index in [2.05, 4.69) is 31.0 Å². The summed E-state index contributed by atoms with van der Waals surface area (Å²) in [5, 5.41) is 27.8. The molecule has 0 spiro atoms. The van der Waals surface area contributed by atoms with Gasteiger partial charge in [0.1, 0.15) is 6.07 Å². The Labute approximate surface area is 160 Å². The molecular formula is C19H18N6OS. The molecule has 3 heterocycles. The molecule has 3 aromatic rings. The van der Waals surface area contributed by atoms with Crippen molar-refractivity contribution in [1.29, 1.82) is 5.26 Å². The highest BCUT2D eigenvalue weighted by atomic mass is 32.1. The van der Waals surface area contributed by atoms with Crippen LogP contribution in [0.15, 0.2) is 29.8 Å². The second kappa shape index (κ2) is 6.61. The van der Waals surface area contributed by atoms with Crippen LogP contribution in [0.5, 0.6) is 0 Å². The molecule has 136 valence electrons. The SMILES string of the molecule is Cc1nscc1Nc1nccc(-c2cc(C#N)c3c(c2)C(C)(CO)CN3)n1. The van der Waals surface area contributed by atoms with E-state index in [-0.39, 0.29) is 6.61 Å². The number of nitriles is 1. The molecule has 3 N–H and O–H groups in total. The second-order valence-electron chi connectivity index (χ2n) is 6.83. The summed E-state index contributed by atoms with van der Waals surface area (Å²) >= 11 is 1.37. The van der Waals surface area contributed by atoms with Crippen molar-refractivity contribution < 1.29 is 5.11 Å². The largest absolute Gasteiger partial charge is 0.395 e. The Hall–Kier alpha value is -3.02. The lowest BCUT2D eigenvalue weighted by Gasteiger charge is -2.21. The molecule has 1 aliphatic heterocycles. The number of aryl methyl sites for hydroxylation is 1. The monoisotopic (exact) mass is 378 g/mol. The highest BCUT2D eigenvalue weighted by Gasteiger charge is 2.35. The van der Waals surface area contributed by atoms with E-state index in [1.54, 1.807) is 6.20 Å². The highest BCUT2D eigenvalue weighted by Crippen LogP contribution is 2.41. The summed E-state index contributed by atoms with van der Waals surface area (Å²) in [5.74, 6) is 0.470. The maximum atomic E-state index is 9.85. The summed E-state index contributed by atoms with van der Waals surface area (Å²) in [7, 11) is 0. The van der Waals surface area contributed by atoms with E-state index in [1.165, 1.54) is 11.5 Å². The van der Waals surface area contributed by atoms with Crippen LogP contribution in [0.2, 0.25) is 0 Å². The van der Waals surface area contributed by atoms with Gasteiger partial charge in [0.05, 0.1) is 34.9 Å². The van der Waals surface area contributed by atoms with E-state index in [0.717, 1.165) is 28.2 Å². The number of aromatic nitrogens is 3. The Morgan fingerprint density at radius 3 is 3.00 bits per heavy atom. The maximum Gasteiger partial charge on any atom is 0.227 e. The normalized spacial score (nSPS) is 17.9. The van der Waals surface area contributed by atoms with E-state index in [0.29, 0.717) is 23.8 Å². The third-order valence-corrected chi connectivity index (χ3v) is 5.58. The second-order valence-corrected chi connectivity index (χ2v) is 7.46. The lowest BCUT2D eigenvalue weighted by Crippen LogP contribution is -2.28. The molecule has 1 unspecified atom stereocenters. The minimum Gasteiger partial charge on any atom is -0.395 e.